The number of carbonyl (C=O) groups excluding carboxylic acids is 2. The Labute approximate surface area is 165 Å². The van der Waals surface area contributed by atoms with Gasteiger partial charge in [-0.25, -0.2) is 4.79 Å². The van der Waals surface area contributed by atoms with Gasteiger partial charge in [0, 0.05) is 24.5 Å². The van der Waals surface area contributed by atoms with E-state index >= 15 is 0 Å². The maximum atomic E-state index is 12.8. The van der Waals surface area contributed by atoms with Gasteiger partial charge in [0.15, 0.2) is 0 Å². The van der Waals surface area contributed by atoms with Crippen molar-refractivity contribution in [3.63, 3.8) is 0 Å². The molecular formula is C22H26N4O2. The van der Waals surface area contributed by atoms with E-state index in [2.05, 4.69) is 15.5 Å². The largest absolute Gasteiger partial charge is 0.339 e. The molecule has 2 aliphatic rings. The van der Waals surface area contributed by atoms with Crippen LogP contribution in [-0.2, 0) is 4.79 Å². The molecule has 146 valence electrons. The van der Waals surface area contributed by atoms with E-state index in [-0.39, 0.29) is 11.9 Å². The molecule has 2 aliphatic heterocycles. The monoisotopic (exact) mass is 378 g/mol. The lowest BCUT2D eigenvalue weighted by Gasteiger charge is -2.43. The lowest BCUT2D eigenvalue weighted by molar-refractivity contribution is -0.124. The number of anilines is 2. The zero-order valence-electron chi connectivity index (χ0n) is 16.4. The second-order valence-electron chi connectivity index (χ2n) is 7.62. The Bertz CT molecular complexity index is 889. The molecule has 0 atom stereocenters. The van der Waals surface area contributed by atoms with Gasteiger partial charge < -0.3 is 20.4 Å². The summed E-state index contributed by atoms with van der Waals surface area (Å²) in [5.41, 5.74) is 3.53. The van der Waals surface area contributed by atoms with E-state index in [1.807, 2.05) is 67.3 Å². The van der Waals surface area contributed by atoms with Crippen molar-refractivity contribution in [1.29, 1.82) is 0 Å². The number of para-hydroxylation sites is 1. The van der Waals surface area contributed by atoms with E-state index in [1.165, 1.54) is 0 Å². The number of amides is 3. The van der Waals surface area contributed by atoms with Gasteiger partial charge in [0.1, 0.15) is 5.54 Å². The van der Waals surface area contributed by atoms with E-state index in [0.29, 0.717) is 32.6 Å². The Balaban J connectivity index is 1.47. The number of likely N-dealkylation sites (tertiary alicyclic amines) is 1. The van der Waals surface area contributed by atoms with Crippen molar-refractivity contribution in [1.82, 2.24) is 10.2 Å². The highest BCUT2D eigenvalue weighted by molar-refractivity contribution is 5.94. The average Bonchev–Trinajstić information content (AvgIpc) is 3.02. The Hall–Kier alpha value is -3.02. The Morgan fingerprint density at radius 1 is 1.04 bits per heavy atom. The van der Waals surface area contributed by atoms with E-state index < -0.39 is 5.54 Å². The number of urea groups is 1. The summed E-state index contributed by atoms with van der Waals surface area (Å²) in [6.07, 6.45) is 1.24. The first-order chi connectivity index (χ1) is 13.5. The highest BCUT2D eigenvalue weighted by atomic mass is 16.2. The minimum atomic E-state index is -0.572. The van der Waals surface area contributed by atoms with Crippen LogP contribution in [0.2, 0.25) is 0 Å². The fourth-order valence-electron chi connectivity index (χ4n) is 4.19. The van der Waals surface area contributed by atoms with E-state index in [4.69, 9.17) is 0 Å². The van der Waals surface area contributed by atoms with Gasteiger partial charge in [0.05, 0.1) is 6.67 Å². The van der Waals surface area contributed by atoms with Gasteiger partial charge in [-0.1, -0.05) is 30.3 Å². The van der Waals surface area contributed by atoms with Crippen molar-refractivity contribution in [2.75, 3.05) is 30.0 Å². The van der Waals surface area contributed by atoms with Crippen LogP contribution in [0.15, 0.2) is 48.5 Å². The number of aryl methyl sites for hydroxylation is 1. The highest BCUT2D eigenvalue weighted by Gasteiger charge is 2.50. The molecule has 0 saturated carbocycles. The first-order valence-corrected chi connectivity index (χ1v) is 9.74. The number of nitrogens with one attached hydrogen (secondary N) is 2. The first kappa shape index (κ1) is 18.3. The lowest BCUT2D eigenvalue weighted by atomic mass is 9.85. The zero-order chi connectivity index (χ0) is 19.7. The van der Waals surface area contributed by atoms with Crippen molar-refractivity contribution in [3.05, 3.63) is 59.7 Å². The van der Waals surface area contributed by atoms with Crippen LogP contribution in [0.5, 0.6) is 0 Å². The SMILES string of the molecule is Cc1cccc(NC(=O)N2CCC3(CC2)C(=O)NCN3c2ccccc2)c1C. The Kier molecular flexibility index (Phi) is 4.71. The molecule has 0 aromatic heterocycles. The number of piperidine rings is 1. The summed E-state index contributed by atoms with van der Waals surface area (Å²) in [7, 11) is 0. The van der Waals surface area contributed by atoms with Crippen molar-refractivity contribution in [2.24, 2.45) is 0 Å². The fraction of sp³-hybridized carbons (Fsp3) is 0.364. The predicted octanol–water partition coefficient (Wildman–Crippen LogP) is 3.26. The minimum Gasteiger partial charge on any atom is -0.339 e. The van der Waals surface area contributed by atoms with Crippen LogP contribution in [0.4, 0.5) is 16.2 Å². The number of carbonyl (C=O) groups is 2. The van der Waals surface area contributed by atoms with E-state index in [0.717, 1.165) is 22.5 Å². The maximum Gasteiger partial charge on any atom is 0.321 e. The molecule has 6 nitrogen and oxygen atoms in total. The predicted molar refractivity (Wildman–Crippen MR) is 110 cm³/mol. The summed E-state index contributed by atoms with van der Waals surface area (Å²) < 4.78 is 0. The number of hydrogen-bond acceptors (Lipinski definition) is 3. The molecule has 0 unspecified atom stereocenters. The molecule has 3 amide bonds. The molecule has 0 aliphatic carbocycles. The summed E-state index contributed by atoms with van der Waals surface area (Å²) in [6, 6.07) is 15.8. The van der Waals surface area contributed by atoms with Gasteiger partial charge in [-0.05, 0) is 56.0 Å². The third-order valence-corrected chi connectivity index (χ3v) is 6.13. The third kappa shape index (κ3) is 3.09. The van der Waals surface area contributed by atoms with Crippen LogP contribution in [0.1, 0.15) is 24.0 Å². The minimum absolute atomic E-state index is 0.0611. The standard InChI is InChI=1S/C22H26N4O2/c1-16-7-6-10-19(17(16)2)24-21(28)25-13-11-22(12-14-25)20(27)23-15-26(22)18-8-4-3-5-9-18/h3-10H,11-15H2,1-2H3,(H,23,27)(H,24,28). The molecule has 2 heterocycles. The van der Waals surface area contributed by atoms with Crippen LogP contribution < -0.4 is 15.5 Å². The van der Waals surface area contributed by atoms with Gasteiger partial charge in [-0.3, -0.25) is 4.79 Å². The summed E-state index contributed by atoms with van der Waals surface area (Å²) in [5.74, 6) is 0.0611. The van der Waals surface area contributed by atoms with Crippen LogP contribution in [-0.4, -0.2) is 42.1 Å². The molecule has 0 radical (unpaired) electrons. The van der Waals surface area contributed by atoms with Gasteiger partial charge in [0.25, 0.3) is 0 Å². The second-order valence-corrected chi connectivity index (χ2v) is 7.62. The first-order valence-electron chi connectivity index (χ1n) is 9.74. The highest BCUT2D eigenvalue weighted by Crippen LogP contribution is 2.36. The average molecular weight is 378 g/mol. The summed E-state index contributed by atoms with van der Waals surface area (Å²) in [5, 5.41) is 6.02. The van der Waals surface area contributed by atoms with Crippen LogP contribution in [0, 0.1) is 13.8 Å². The molecule has 28 heavy (non-hydrogen) atoms. The molecule has 2 saturated heterocycles. The Morgan fingerprint density at radius 2 is 1.75 bits per heavy atom. The molecule has 6 heteroatoms. The number of nitrogens with zero attached hydrogens (tertiary/aromatic N) is 2. The summed E-state index contributed by atoms with van der Waals surface area (Å²) in [6.45, 7) is 5.65. The molecule has 2 N–H and O–H groups in total. The van der Waals surface area contributed by atoms with Crippen LogP contribution >= 0.6 is 0 Å². The molecule has 0 bridgehead atoms. The van der Waals surface area contributed by atoms with Gasteiger partial charge in [0.2, 0.25) is 5.91 Å². The Morgan fingerprint density at radius 3 is 2.46 bits per heavy atom. The zero-order valence-corrected chi connectivity index (χ0v) is 16.4. The topological polar surface area (TPSA) is 64.7 Å². The molecule has 1 spiro atoms. The summed E-state index contributed by atoms with van der Waals surface area (Å²) >= 11 is 0. The molecule has 4 rings (SSSR count). The van der Waals surface area contributed by atoms with Gasteiger partial charge >= 0.3 is 6.03 Å². The number of hydrogen-bond donors (Lipinski definition) is 2. The quantitative estimate of drug-likeness (QED) is 0.843. The van der Waals surface area contributed by atoms with Gasteiger partial charge in [-0.2, -0.15) is 0 Å². The van der Waals surface area contributed by atoms with Crippen molar-refractivity contribution in [2.45, 2.75) is 32.2 Å². The molecule has 2 aromatic carbocycles. The van der Waals surface area contributed by atoms with Crippen molar-refractivity contribution >= 4 is 23.3 Å². The fourth-order valence-corrected chi connectivity index (χ4v) is 4.19. The lowest BCUT2D eigenvalue weighted by Crippen LogP contribution is -2.57. The molecular weight excluding hydrogens is 352 g/mol. The number of benzene rings is 2. The van der Waals surface area contributed by atoms with E-state index in [9.17, 15) is 9.59 Å². The molecule has 2 aromatic rings. The molecule has 2 fully saturated rings. The third-order valence-electron chi connectivity index (χ3n) is 6.13. The van der Waals surface area contributed by atoms with Crippen LogP contribution in [0.3, 0.4) is 0 Å². The van der Waals surface area contributed by atoms with E-state index in [1.54, 1.807) is 0 Å². The van der Waals surface area contributed by atoms with Crippen molar-refractivity contribution in [3.8, 4) is 0 Å². The second kappa shape index (κ2) is 7.19. The number of rotatable bonds is 2. The summed E-state index contributed by atoms with van der Waals surface area (Å²) in [4.78, 5) is 29.4. The van der Waals surface area contributed by atoms with Gasteiger partial charge in [-0.15, -0.1) is 0 Å². The van der Waals surface area contributed by atoms with Crippen molar-refractivity contribution < 1.29 is 9.59 Å². The van der Waals surface area contributed by atoms with Crippen LogP contribution in [0.25, 0.3) is 0 Å². The maximum absolute atomic E-state index is 12.8. The normalized spacial score (nSPS) is 18.3. The smallest absolute Gasteiger partial charge is 0.321 e.